The Hall–Kier alpha value is -3.84. The van der Waals surface area contributed by atoms with Gasteiger partial charge in [-0.2, -0.15) is 0 Å². The van der Waals surface area contributed by atoms with Gasteiger partial charge in [0.05, 0.1) is 31.8 Å². The molecule has 0 aliphatic carbocycles. The van der Waals surface area contributed by atoms with Crippen molar-refractivity contribution in [2.75, 3.05) is 7.11 Å². The molecule has 0 aliphatic heterocycles. The Labute approximate surface area is 185 Å². The van der Waals surface area contributed by atoms with Gasteiger partial charge in [0, 0.05) is 23.3 Å². The number of esters is 2. The Kier molecular flexibility index (Phi) is 8.80. The number of methoxy groups -OCH3 is 1. The average molecular weight is 440 g/mol. The first-order chi connectivity index (χ1) is 15.3. The summed E-state index contributed by atoms with van der Waals surface area (Å²) in [4.78, 5) is 24.6. The molecule has 0 amide bonds. The third kappa shape index (κ3) is 6.58. The van der Waals surface area contributed by atoms with Crippen LogP contribution in [-0.2, 0) is 14.3 Å². The van der Waals surface area contributed by atoms with Crippen molar-refractivity contribution in [2.45, 2.75) is 38.5 Å². The lowest BCUT2D eigenvalue weighted by Gasteiger charge is -2.14. The number of aromatic hydroxyl groups is 1. The Morgan fingerprint density at radius 2 is 1.41 bits per heavy atom. The number of carbonyl (C=O) groups excluding carboxylic acids is 2. The van der Waals surface area contributed by atoms with E-state index in [2.05, 4.69) is 23.7 Å². The van der Waals surface area contributed by atoms with Gasteiger partial charge >= 0.3 is 11.9 Å². The van der Waals surface area contributed by atoms with Crippen molar-refractivity contribution >= 4 is 11.9 Å². The summed E-state index contributed by atoms with van der Waals surface area (Å²) in [6.45, 7) is 3.07. The summed E-state index contributed by atoms with van der Waals surface area (Å²) in [6, 6.07) is 7.67. The molecule has 0 aromatic heterocycles. The van der Waals surface area contributed by atoms with E-state index in [1.807, 2.05) is 0 Å². The fraction of sp³-hybridized carbons (Fsp3) is 0.280. The van der Waals surface area contributed by atoms with E-state index < -0.39 is 35.4 Å². The number of phenolic OH excluding ortho intramolecular Hbond substituents is 1. The Bertz CT molecular complexity index is 1120. The van der Waals surface area contributed by atoms with E-state index in [-0.39, 0.29) is 29.7 Å². The average Bonchev–Trinajstić information content (AvgIpc) is 2.73. The minimum atomic E-state index is -0.909. The molecule has 2 atom stereocenters. The second-order valence-electron chi connectivity index (χ2n) is 6.74. The Morgan fingerprint density at radius 3 is 1.84 bits per heavy atom. The van der Waals surface area contributed by atoms with E-state index in [1.165, 1.54) is 38.3 Å². The predicted octanol–water partition coefficient (Wildman–Crippen LogP) is 4.44. The molecule has 0 bridgehead atoms. The molecule has 5 nitrogen and oxygen atoms in total. The van der Waals surface area contributed by atoms with Crippen LogP contribution in [0.15, 0.2) is 36.4 Å². The van der Waals surface area contributed by atoms with Gasteiger partial charge in [-0.1, -0.05) is 24.0 Å². The Morgan fingerprint density at radius 1 is 0.906 bits per heavy atom. The zero-order valence-corrected chi connectivity index (χ0v) is 17.9. The van der Waals surface area contributed by atoms with Crippen molar-refractivity contribution in [3.63, 3.8) is 0 Å². The molecule has 2 aromatic carbocycles. The van der Waals surface area contributed by atoms with Gasteiger partial charge in [0.15, 0.2) is 0 Å². The first-order valence-corrected chi connectivity index (χ1v) is 9.68. The van der Waals surface area contributed by atoms with Gasteiger partial charge in [-0.3, -0.25) is 9.59 Å². The summed E-state index contributed by atoms with van der Waals surface area (Å²) < 4.78 is 38.4. The molecule has 0 radical (unpaired) electrons. The molecule has 2 rings (SSSR count). The second-order valence-corrected chi connectivity index (χ2v) is 6.74. The zero-order valence-electron chi connectivity index (χ0n) is 17.9. The third-order valence-electron chi connectivity index (χ3n) is 4.55. The lowest BCUT2D eigenvalue weighted by Crippen LogP contribution is -2.17. The highest BCUT2D eigenvalue weighted by atomic mass is 19.1. The molecule has 0 spiro atoms. The third-order valence-corrected chi connectivity index (χ3v) is 4.55. The van der Waals surface area contributed by atoms with E-state index in [0.717, 1.165) is 6.07 Å². The van der Waals surface area contributed by atoms with Gasteiger partial charge in [0.2, 0.25) is 0 Å². The maximum atomic E-state index is 14.4. The maximum absolute atomic E-state index is 14.4. The summed E-state index contributed by atoms with van der Waals surface area (Å²) in [7, 11) is 1.40. The van der Waals surface area contributed by atoms with E-state index in [1.54, 1.807) is 13.0 Å². The minimum absolute atomic E-state index is 0.0941. The summed E-state index contributed by atoms with van der Waals surface area (Å²) >= 11 is 0. The Balaban J connectivity index is 2.11. The van der Waals surface area contributed by atoms with Gasteiger partial charge in [-0.25, -0.2) is 8.78 Å². The van der Waals surface area contributed by atoms with Crippen molar-refractivity contribution in [1.29, 1.82) is 0 Å². The van der Waals surface area contributed by atoms with E-state index in [0.29, 0.717) is 5.75 Å². The molecule has 32 heavy (non-hydrogen) atoms. The van der Waals surface area contributed by atoms with Gasteiger partial charge < -0.3 is 14.6 Å². The van der Waals surface area contributed by atoms with Gasteiger partial charge in [-0.15, -0.1) is 11.8 Å². The van der Waals surface area contributed by atoms with Gasteiger partial charge in [0.25, 0.3) is 0 Å². The number of rotatable bonds is 7. The maximum Gasteiger partial charge on any atom is 0.315 e. The molecule has 2 unspecified atom stereocenters. The van der Waals surface area contributed by atoms with Crippen LogP contribution in [0, 0.1) is 35.3 Å². The highest BCUT2D eigenvalue weighted by Gasteiger charge is 2.24. The van der Waals surface area contributed by atoms with Crippen molar-refractivity contribution < 1.29 is 33.0 Å². The van der Waals surface area contributed by atoms with Gasteiger partial charge in [-0.05, 0) is 26.0 Å². The summed E-state index contributed by atoms with van der Waals surface area (Å²) in [6.07, 6.45) is -0.733. The monoisotopic (exact) mass is 440 g/mol. The fourth-order valence-electron chi connectivity index (χ4n) is 3.09. The number of hydrogen-bond donors (Lipinski definition) is 1. The lowest BCUT2D eigenvalue weighted by molar-refractivity contribution is -0.159. The van der Waals surface area contributed by atoms with Crippen molar-refractivity contribution in [2.24, 2.45) is 0 Å². The van der Waals surface area contributed by atoms with E-state index in [4.69, 9.17) is 9.47 Å². The molecule has 166 valence electrons. The van der Waals surface area contributed by atoms with Crippen LogP contribution < -0.4 is 4.74 Å². The number of benzene rings is 2. The zero-order chi connectivity index (χ0) is 23.7. The molecule has 2 aromatic rings. The van der Waals surface area contributed by atoms with Crippen LogP contribution in [0.1, 0.15) is 49.7 Å². The lowest BCUT2D eigenvalue weighted by atomic mass is 9.95. The molecule has 0 heterocycles. The molecule has 0 fully saturated rings. The van der Waals surface area contributed by atoms with E-state index >= 15 is 0 Å². The number of phenols is 1. The largest absolute Gasteiger partial charge is 0.508 e. The second kappa shape index (κ2) is 11.5. The van der Waals surface area contributed by atoms with Crippen LogP contribution in [0.4, 0.5) is 8.78 Å². The first kappa shape index (κ1) is 24.4. The molecule has 1 N–H and O–H groups in total. The van der Waals surface area contributed by atoms with Crippen LogP contribution in [0.25, 0.3) is 0 Å². The van der Waals surface area contributed by atoms with Crippen LogP contribution in [0.3, 0.4) is 0 Å². The van der Waals surface area contributed by atoms with E-state index in [9.17, 15) is 23.5 Å². The topological polar surface area (TPSA) is 72.8 Å². The highest BCUT2D eigenvalue weighted by Crippen LogP contribution is 2.28. The highest BCUT2D eigenvalue weighted by molar-refractivity contribution is 5.86. The number of carbonyl (C=O) groups is 2. The molecular weight excluding hydrogens is 418 g/mol. The SMILES string of the molecule is CC#CC(CC(=O)OC(=O)CC(C#CC)c1ccc(OC)cc1F)c1ccc(O)cc1F. The number of halogens is 2. The van der Waals surface area contributed by atoms with Gasteiger partial charge in [0.1, 0.15) is 23.1 Å². The van der Waals surface area contributed by atoms with Crippen LogP contribution in [0.5, 0.6) is 11.5 Å². The van der Waals surface area contributed by atoms with Crippen molar-refractivity contribution in [3.8, 4) is 35.2 Å². The van der Waals surface area contributed by atoms with Crippen LogP contribution in [-0.4, -0.2) is 24.2 Å². The minimum Gasteiger partial charge on any atom is -0.508 e. The molecular formula is C25H22F2O5. The summed E-state index contributed by atoms with van der Waals surface area (Å²) in [5.41, 5.74) is 0.266. The van der Waals surface area contributed by atoms with Crippen LogP contribution >= 0.6 is 0 Å². The summed E-state index contributed by atoms with van der Waals surface area (Å²) in [5.74, 6) is 5.92. The summed E-state index contributed by atoms with van der Waals surface area (Å²) in [5, 5.41) is 9.36. The predicted molar refractivity (Wildman–Crippen MR) is 114 cm³/mol. The number of ether oxygens (including phenoxy) is 2. The molecule has 0 saturated carbocycles. The quantitative estimate of drug-likeness (QED) is 0.391. The standard InChI is InChI=1S/C25H22F2O5/c1-4-6-16(20-10-8-18(28)14-22(20)26)12-24(29)32-25(30)13-17(7-5-2)21-11-9-19(31-3)15-23(21)27/h8-11,14-17,28H,12-13H2,1-3H3. The molecule has 0 aliphatic rings. The normalized spacial score (nSPS) is 11.8. The fourth-order valence-corrected chi connectivity index (χ4v) is 3.09. The van der Waals surface area contributed by atoms with Crippen LogP contribution in [0.2, 0.25) is 0 Å². The smallest absolute Gasteiger partial charge is 0.315 e. The molecule has 0 saturated heterocycles. The van der Waals surface area contributed by atoms with Crippen molar-refractivity contribution in [3.05, 3.63) is 59.2 Å². The first-order valence-electron chi connectivity index (χ1n) is 9.68. The number of hydrogen-bond acceptors (Lipinski definition) is 5. The van der Waals surface area contributed by atoms with Crippen molar-refractivity contribution in [1.82, 2.24) is 0 Å². The molecule has 7 heteroatoms.